The van der Waals surface area contributed by atoms with E-state index < -0.39 is 12.0 Å². The van der Waals surface area contributed by atoms with Crippen molar-refractivity contribution in [2.24, 2.45) is 0 Å². The van der Waals surface area contributed by atoms with Gasteiger partial charge < -0.3 is 10.1 Å². The van der Waals surface area contributed by atoms with Gasteiger partial charge in [0, 0.05) is 4.88 Å². The van der Waals surface area contributed by atoms with E-state index in [2.05, 4.69) is 10.4 Å². The lowest BCUT2D eigenvalue weighted by atomic mass is 10.1. The lowest BCUT2D eigenvalue weighted by Crippen LogP contribution is -2.30. The third kappa shape index (κ3) is 4.22. The SMILES string of the molecule is COC(=O)CC(NC(=O)c1cnn(-c2ccc(F)cc2)c1C)c1cccs1. The van der Waals surface area contributed by atoms with Gasteiger partial charge in [-0.2, -0.15) is 5.10 Å². The third-order valence-electron chi connectivity index (χ3n) is 4.12. The number of halogens is 1. The number of esters is 1. The van der Waals surface area contributed by atoms with Gasteiger partial charge >= 0.3 is 5.97 Å². The van der Waals surface area contributed by atoms with Gasteiger partial charge in [-0.1, -0.05) is 6.07 Å². The number of hydrogen-bond acceptors (Lipinski definition) is 5. The normalized spacial score (nSPS) is 11.8. The van der Waals surface area contributed by atoms with Crippen LogP contribution >= 0.6 is 11.3 Å². The Balaban J connectivity index is 1.82. The van der Waals surface area contributed by atoms with E-state index in [1.165, 1.54) is 36.8 Å². The highest BCUT2D eigenvalue weighted by atomic mass is 32.1. The summed E-state index contributed by atoms with van der Waals surface area (Å²) in [5.74, 6) is -1.10. The molecule has 0 bridgehead atoms. The summed E-state index contributed by atoms with van der Waals surface area (Å²) in [7, 11) is 1.31. The van der Waals surface area contributed by atoms with Crippen LogP contribution in [0.5, 0.6) is 0 Å². The predicted molar refractivity (Wildman–Crippen MR) is 99.4 cm³/mol. The maximum absolute atomic E-state index is 13.1. The van der Waals surface area contributed by atoms with E-state index in [1.54, 1.807) is 23.7 Å². The maximum Gasteiger partial charge on any atom is 0.307 e. The van der Waals surface area contributed by atoms with Crippen molar-refractivity contribution >= 4 is 23.2 Å². The molecule has 2 aromatic heterocycles. The molecule has 27 heavy (non-hydrogen) atoms. The van der Waals surface area contributed by atoms with Crippen LogP contribution < -0.4 is 5.32 Å². The smallest absolute Gasteiger partial charge is 0.307 e. The van der Waals surface area contributed by atoms with E-state index in [0.717, 1.165) is 4.88 Å². The molecule has 0 spiro atoms. The molecule has 1 unspecified atom stereocenters. The van der Waals surface area contributed by atoms with Gasteiger partial charge in [-0.25, -0.2) is 9.07 Å². The second kappa shape index (κ2) is 8.13. The second-order valence-corrected chi connectivity index (χ2v) is 6.83. The van der Waals surface area contributed by atoms with Gasteiger partial charge in [0.05, 0.1) is 42.7 Å². The molecular formula is C19H18FN3O3S. The summed E-state index contributed by atoms with van der Waals surface area (Å²) in [6.45, 7) is 1.76. The number of methoxy groups -OCH3 is 1. The first-order valence-electron chi connectivity index (χ1n) is 8.21. The Kier molecular flexibility index (Phi) is 5.66. The summed E-state index contributed by atoms with van der Waals surface area (Å²) in [4.78, 5) is 25.3. The second-order valence-electron chi connectivity index (χ2n) is 5.85. The summed E-state index contributed by atoms with van der Waals surface area (Å²) in [6.07, 6.45) is 1.49. The van der Waals surface area contributed by atoms with E-state index in [-0.39, 0.29) is 18.1 Å². The quantitative estimate of drug-likeness (QED) is 0.658. The molecule has 1 aromatic carbocycles. The van der Waals surface area contributed by atoms with E-state index in [9.17, 15) is 14.0 Å². The highest BCUT2D eigenvalue weighted by molar-refractivity contribution is 7.10. The first kappa shape index (κ1) is 18.8. The molecule has 1 N–H and O–H groups in total. The van der Waals surface area contributed by atoms with Crippen molar-refractivity contribution in [2.45, 2.75) is 19.4 Å². The number of ether oxygens (including phenoxy) is 1. The Labute approximate surface area is 159 Å². The summed E-state index contributed by atoms with van der Waals surface area (Å²) >= 11 is 1.45. The fraction of sp³-hybridized carbons (Fsp3) is 0.211. The summed E-state index contributed by atoms with van der Waals surface area (Å²) in [5.41, 5.74) is 1.64. The minimum Gasteiger partial charge on any atom is -0.469 e. The molecule has 140 valence electrons. The first-order valence-corrected chi connectivity index (χ1v) is 9.09. The fourth-order valence-corrected chi connectivity index (χ4v) is 3.45. The molecule has 3 aromatic rings. The van der Waals surface area contributed by atoms with E-state index >= 15 is 0 Å². The average molecular weight is 387 g/mol. The molecule has 1 amide bonds. The van der Waals surface area contributed by atoms with Crippen LogP contribution in [0.15, 0.2) is 48.0 Å². The number of nitrogens with one attached hydrogen (secondary N) is 1. The fourth-order valence-electron chi connectivity index (χ4n) is 2.67. The third-order valence-corrected chi connectivity index (χ3v) is 5.10. The van der Waals surface area contributed by atoms with Gasteiger partial charge in [0.2, 0.25) is 0 Å². The number of carbonyl (C=O) groups excluding carboxylic acids is 2. The lowest BCUT2D eigenvalue weighted by molar-refractivity contribution is -0.141. The van der Waals surface area contributed by atoms with Crippen LogP contribution in [0.4, 0.5) is 4.39 Å². The molecule has 6 nitrogen and oxygen atoms in total. The first-order chi connectivity index (χ1) is 13.0. The number of hydrogen-bond donors (Lipinski definition) is 1. The Morgan fingerprint density at radius 1 is 1.30 bits per heavy atom. The van der Waals surface area contributed by atoms with E-state index in [0.29, 0.717) is 16.9 Å². The Morgan fingerprint density at radius 2 is 2.04 bits per heavy atom. The number of thiophene rings is 1. The summed E-state index contributed by atoms with van der Waals surface area (Å²) < 4.78 is 19.4. The molecule has 3 rings (SSSR count). The molecule has 1 atom stereocenters. The molecule has 8 heteroatoms. The van der Waals surface area contributed by atoms with Crippen molar-refractivity contribution in [3.63, 3.8) is 0 Å². The molecule has 0 saturated heterocycles. The van der Waals surface area contributed by atoms with E-state index in [1.807, 2.05) is 17.5 Å². The maximum atomic E-state index is 13.1. The van der Waals surface area contributed by atoms with Crippen molar-refractivity contribution in [3.8, 4) is 5.69 Å². The topological polar surface area (TPSA) is 73.2 Å². The minimum absolute atomic E-state index is 0.0356. The zero-order chi connectivity index (χ0) is 19.4. The molecule has 2 heterocycles. The van der Waals surface area contributed by atoms with Crippen molar-refractivity contribution in [1.82, 2.24) is 15.1 Å². The summed E-state index contributed by atoms with van der Waals surface area (Å²) in [5, 5.41) is 8.98. The molecule has 0 aliphatic rings. The van der Waals surface area contributed by atoms with Crippen LogP contribution in [0, 0.1) is 12.7 Å². The molecule has 0 aliphatic heterocycles. The van der Waals surface area contributed by atoms with Crippen molar-refractivity contribution in [3.05, 3.63) is 69.9 Å². The van der Waals surface area contributed by atoms with Gasteiger partial charge in [0.25, 0.3) is 5.91 Å². The molecule has 0 aliphatic carbocycles. The van der Waals surface area contributed by atoms with Crippen LogP contribution in [0.25, 0.3) is 5.69 Å². The van der Waals surface area contributed by atoms with Gasteiger partial charge in [-0.05, 0) is 42.6 Å². The zero-order valence-corrected chi connectivity index (χ0v) is 15.6. The molecular weight excluding hydrogens is 369 g/mol. The largest absolute Gasteiger partial charge is 0.469 e. The van der Waals surface area contributed by atoms with Gasteiger partial charge in [0.1, 0.15) is 5.82 Å². The van der Waals surface area contributed by atoms with Crippen LogP contribution in [0.2, 0.25) is 0 Å². The lowest BCUT2D eigenvalue weighted by Gasteiger charge is -2.16. The van der Waals surface area contributed by atoms with Crippen molar-refractivity contribution < 1.29 is 18.7 Å². The van der Waals surface area contributed by atoms with Gasteiger partial charge in [0.15, 0.2) is 0 Å². The Bertz CT molecular complexity index is 936. The highest BCUT2D eigenvalue weighted by Gasteiger charge is 2.23. The standard InChI is InChI=1S/C19H18FN3O3S/c1-12-15(11-21-23(12)14-7-5-13(20)6-8-14)19(25)22-16(10-18(24)26-2)17-4-3-9-27-17/h3-9,11,16H,10H2,1-2H3,(H,22,25). The molecule has 0 saturated carbocycles. The predicted octanol–water partition coefficient (Wildman–Crippen LogP) is 3.42. The van der Waals surface area contributed by atoms with Crippen LogP contribution in [0.1, 0.15) is 33.4 Å². The van der Waals surface area contributed by atoms with Crippen molar-refractivity contribution in [2.75, 3.05) is 7.11 Å². The van der Waals surface area contributed by atoms with Crippen LogP contribution in [0.3, 0.4) is 0 Å². The van der Waals surface area contributed by atoms with Crippen LogP contribution in [-0.4, -0.2) is 28.8 Å². The molecule has 0 fully saturated rings. The Morgan fingerprint density at radius 3 is 2.67 bits per heavy atom. The number of carbonyl (C=O) groups is 2. The minimum atomic E-state index is -0.487. The monoisotopic (exact) mass is 387 g/mol. The highest BCUT2D eigenvalue weighted by Crippen LogP contribution is 2.24. The van der Waals surface area contributed by atoms with E-state index in [4.69, 9.17) is 4.74 Å². The Hall–Kier alpha value is -3.00. The number of nitrogens with zero attached hydrogens (tertiary/aromatic N) is 2. The summed E-state index contributed by atoms with van der Waals surface area (Å²) in [6, 6.07) is 9.06. The van der Waals surface area contributed by atoms with Gasteiger partial charge in [-0.15, -0.1) is 11.3 Å². The average Bonchev–Trinajstić information content (AvgIpc) is 3.32. The number of rotatable bonds is 6. The van der Waals surface area contributed by atoms with Crippen molar-refractivity contribution in [1.29, 1.82) is 0 Å². The van der Waals surface area contributed by atoms with Gasteiger partial charge in [-0.3, -0.25) is 9.59 Å². The number of amides is 1. The number of benzene rings is 1. The number of aromatic nitrogens is 2. The zero-order valence-electron chi connectivity index (χ0n) is 14.8. The molecule has 0 radical (unpaired) electrons. The van der Waals surface area contributed by atoms with Crippen LogP contribution in [-0.2, 0) is 9.53 Å².